The number of anilines is 1. The normalized spacial score (nSPS) is 20.4. The van der Waals surface area contributed by atoms with Gasteiger partial charge in [0.15, 0.2) is 0 Å². The highest BCUT2D eigenvalue weighted by Crippen LogP contribution is 2.38. The lowest BCUT2D eigenvalue weighted by Gasteiger charge is -2.37. The summed E-state index contributed by atoms with van der Waals surface area (Å²) in [6.45, 7) is 2.64. The summed E-state index contributed by atoms with van der Waals surface area (Å²) in [5.74, 6) is -1.46. The van der Waals surface area contributed by atoms with E-state index in [1.165, 1.54) is 18.3 Å². The second-order valence-corrected chi connectivity index (χ2v) is 6.92. The number of hydrogen-bond acceptors (Lipinski definition) is 4. The first-order valence-electron chi connectivity index (χ1n) is 8.11. The van der Waals surface area contributed by atoms with Crippen LogP contribution in [0.4, 0.5) is 14.5 Å². The van der Waals surface area contributed by atoms with Crippen LogP contribution in [-0.4, -0.2) is 29.1 Å². The standard InChI is InChI=1S/C18H16ClF2N3O2/c1-9-8-24(3-2-12(9)18(25)26)16-10(6-22)7-23-15-13(16)4-11(19)5-14(15)17(20)21/h4-5,7,9,12,17H,2-3,8H2,1H3,(H,25,26). The van der Waals surface area contributed by atoms with Crippen molar-refractivity contribution in [2.24, 2.45) is 11.8 Å². The smallest absolute Gasteiger partial charge is 0.306 e. The van der Waals surface area contributed by atoms with Gasteiger partial charge in [-0.15, -0.1) is 0 Å². The van der Waals surface area contributed by atoms with E-state index in [4.69, 9.17) is 11.6 Å². The summed E-state index contributed by atoms with van der Waals surface area (Å²) in [7, 11) is 0. The highest BCUT2D eigenvalue weighted by atomic mass is 35.5. The third-order valence-corrected chi connectivity index (χ3v) is 5.05. The number of halogens is 3. The molecule has 3 rings (SSSR count). The van der Waals surface area contributed by atoms with Crippen LogP contribution >= 0.6 is 11.6 Å². The summed E-state index contributed by atoms with van der Waals surface area (Å²) in [6, 6.07) is 4.76. The molecule has 1 saturated heterocycles. The Balaban J connectivity index is 2.16. The molecule has 1 fully saturated rings. The van der Waals surface area contributed by atoms with Gasteiger partial charge < -0.3 is 10.0 Å². The highest BCUT2D eigenvalue weighted by Gasteiger charge is 2.33. The monoisotopic (exact) mass is 379 g/mol. The molecule has 0 amide bonds. The zero-order valence-corrected chi connectivity index (χ0v) is 14.7. The quantitative estimate of drug-likeness (QED) is 0.862. The van der Waals surface area contributed by atoms with Crippen LogP contribution in [0.15, 0.2) is 18.3 Å². The van der Waals surface area contributed by atoms with Crippen molar-refractivity contribution in [1.29, 1.82) is 5.26 Å². The minimum absolute atomic E-state index is 0.103. The van der Waals surface area contributed by atoms with E-state index in [1.54, 1.807) is 0 Å². The lowest BCUT2D eigenvalue weighted by molar-refractivity contribution is -0.144. The van der Waals surface area contributed by atoms with Gasteiger partial charge in [0.25, 0.3) is 6.43 Å². The number of aliphatic carboxylic acids is 1. The zero-order valence-electron chi connectivity index (χ0n) is 13.9. The number of piperidine rings is 1. The number of rotatable bonds is 3. The number of benzene rings is 1. The number of carboxylic acid groups (broad SMARTS) is 1. The Morgan fingerprint density at radius 2 is 2.23 bits per heavy atom. The van der Waals surface area contributed by atoms with Gasteiger partial charge in [0.1, 0.15) is 6.07 Å². The lowest BCUT2D eigenvalue weighted by atomic mass is 9.86. The van der Waals surface area contributed by atoms with Crippen LogP contribution in [-0.2, 0) is 4.79 Å². The predicted molar refractivity (Wildman–Crippen MR) is 93.5 cm³/mol. The first-order valence-corrected chi connectivity index (χ1v) is 8.49. The Kier molecular flexibility index (Phi) is 4.97. The van der Waals surface area contributed by atoms with Crippen molar-refractivity contribution in [2.75, 3.05) is 18.0 Å². The number of carboxylic acids is 1. The van der Waals surface area contributed by atoms with E-state index >= 15 is 0 Å². The molecule has 2 heterocycles. The highest BCUT2D eigenvalue weighted by molar-refractivity contribution is 6.31. The molecule has 0 radical (unpaired) electrons. The summed E-state index contributed by atoms with van der Waals surface area (Å²) in [4.78, 5) is 17.2. The molecule has 1 aromatic heterocycles. The molecular weight excluding hydrogens is 364 g/mol. The fourth-order valence-electron chi connectivity index (χ4n) is 3.58. The molecule has 1 N–H and O–H groups in total. The molecule has 1 aromatic carbocycles. The van der Waals surface area contributed by atoms with E-state index in [2.05, 4.69) is 11.1 Å². The maximum atomic E-state index is 13.4. The molecule has 2 unspecified atom stereocenters. The van der Waals surface area contributed by atoms with Crippen molar-refractivity contribution >= 4 is 34.2 Å². The zero-order chi connectivity index (χ0) is 19.0. The molecule has 0 saturated carbocycles. The van der Waals surface area contributed by atoms with Gasteiger partial charge in [-0.3, -0.25) is 9.78 Å². The van der Waals surface area contributed by atoms with Gasteiger partial charge in [-0.05, 0) is 24.5 Å². The van der Waals surface area contributed by atoms with Crippen LogP contribution in [0, 0.1) is 23.2 Å². The van der Waals surface area contributed by atoms with E-state index in [1.807, 2.05) is 11.8 Å². The lowest BCUT2D eigenvalue weighted by Crippen LogP contribution is -2.42. The van der Waals surface area contributed by atoms with Gasteiger partial charge >= 0.3 is 5.97 Å². The molecule has 5 nitrogen and oxygen atoms in total. The third-order valence-electron chi connectivity index (χ3n) is 4.83. The van der Waals surface area contributed by atoms with Gasteiger partial charge in [-0.2, -0.15) is 5.26 Å². The Hall–Kier alpha value is -2.46. The van der Waals surface area contributed by atoms with Crippen molar-refractivity contribution in [1.82, 2.24) is 4.98 Å². The number of carbonyl (C=O) groups is 1. The Bertz CT molecular complexity index is 913. The van der Waals surface area contributed by atoms with Gasteiger partial charge in [-0.1, -0.05) is 18.5 Å². The molecule has 1 aliphatic heterocycles. The molecule has 1 aliphatic rings. The minimum atomic E-state index is -2.75. The van der Waals surface area contributed by atoms with Crippen molar-refractivity contribution in [2.45, 2.75) is 19.8 Å². The maximum Gasteiger partial charge on any atom is 0.306 e. The Morgan fingerprint density at radius 3 is 2.81 bits per heavy atom. The molecule has 0 bridgehead atoms. The average molecular weight is 380 g/mol. The first kappa shape index (κ1) is 18.3. The molecule has 136 valence electrons. The third kappa shape index (κ3) is 3.17. The second kappa shape index (κ2) is 7.04. The van der Waals surface area contributed by atoms with Crippen LogP contribution in [0.3, 0.4) is 0 Å². The number of fused-ring (bicyclic) bond motifs is 1. The number of alkyl halides is 2. The molecule has 8 heteroatoms. The van der Waals surface area contributed by atoms with Crippen LogP contribution in [0.1, 0.15) is 30.9 Å². The number of hydrogen-bond donors (Lipinski definition) is 1. The number of nitriles is 1. The number of aromatic nitrogens is 1. The fourth-order valence-corrected chi connectivity index (χ4v) is 3.81. The molecule has 2 atom stereocenters. The fraction of sp³-hybridized carbons (Fsp3) is 0.389. The van der Waals surface area contributed by atoms with Crippen LogP contribution in [0.2, 0.25) is 5.02 Å². The average Bonchev–Trinajstić information content (AvgIpc) is 2.59. The molecule has 0 spiro atoms. The minimum Gasteiger partial charge on any atom is -0.481 e. The Morgan fingerprint density at radius 1 is 1.50 bits per heavy atom. The summed E-state index contributed by atoms with van der Waals surface area (Å²) in [5, 5.41) is 19.3. The van der Waals surface area contributed by atoms with E-state index in [9.17, 15) is 23.9 Å². The molecule has 2 aromatic rings. The van der Waals surface area contributed by atoms with Crippen molar-refractivity contribution in [3.63, 3.8) is 0 Å². The molecule has 0 aliphatic carbocycles. The summed E-state index contributed by atoms with van der Waals surface area (Å²) >= 11 is 6.03. The van der Waals surface area contributed by atoms with E-state index < -0.39 is 18.3 Å². The van der Waals surface area contributed by atoms with E-state index in [0.717, 1.165) is 0 Å². The summed E-state index contributed by atoms with van der Waals surface area (Å²) < 4.78 is 26.8. The number of nitrogens with zero attached hydrogens (tertiary/aromatic N) is 3. The van der Waals surface area contributed by atoms with Crippen molar-refractivity contribution in [3.8, 4) is 6.07 Å². The number of pyridine rings is 1. The van der Waals surface area contributed by atoms with Crippen LogP contribution in [0.5, 0.6) is 0 Å². The predicted octanol–water partition coefficient (Wildman–Crippen LogP) is 4.24. The van der Waals surface area contributed by atoms with Crippen molar-refractivity contribution in [3.05, 3.63) is 34.5 Å². The Labute approximate surface area is 153 Å². The topological polar surface area (TPSA) is 77.2 Å². The largest absolute Gasteiger partial charge is 0.481 e. The SMILES string of the molecule is CC1CN(c2c(C#N)cnc3c(C(F)F)cc(Cl)cc23)CCC1C(=O)O. The van der Waals surface area contributed by atoms with Gasteiger partial charge in [0, 0.05) is 35.3 Å². The summed E-state index contributed by atoms with van der Waals surface area (Å²) in [5.41, 5.74) is 0.552. The van der Waals surface area contributed by atoms with E-state index in [0.29, 0.717) is 30.6 Å². The van der Waals surface area contributed by atoms with Gasteiger partial charge in [0.2, 0.25) is 0 Å². The van der Waals surface area contributed by atoms with Crippen molar-refractivity contribution < 1.29 is 18.7 Å². The summed E-state index contributed by atoms with van der Waals surface area (Å²) in [6.07, 6.45) is -1.06. The van der Waals surface area contributed by atoms with Gasteiger partial charge in [-0.25, -0.2) is 8.78 Å². The molecular formula is C18H16ClF2N3O2. The van der Waals surface area contributed by atoms with Crippen LogP contribution < -0.4 is 4.90 Å². The molecule has 26 heavy (non-hydrogen) atoms. The van der Waals surface area contributed by atoms with E-state index in [-0.39, 0.29) is 27.6 Å². The van der Waals surface area contributed by atoms with Crippen LogP contribution in [0.25, 0.3) is 10.9 Å². The first-order chi connectivity index (χ1) is 12.3. The second-order valence-electron chi connectivity index (χ2n) is 6.48. The van der Waals surface area contributed by atoms with Gasteiger partial charge in [0.05, 0.1) is 22.7 Å². The maximum absolute atomic E-state index is 13.4.